The number of carboxylic acid groups (broad SMARTS) is 1. The molecule has 2 aromatic carbocycles. The lowest BCUT2D eigenvalue weighted by molar-refractivity contribution is -0.309. The summed E-state index contributed by atoms with van der Waals surface area (Å²) < 4.78 is 0. The molecular weight excluding hydrogens is 444 g/mol. The van der Waals surface area contributed by atoms with Crippen LogP contribution in [0.15, 0.2) is 54.6 Å². The maximum Gasteiger partial charge on any atom is 0.242 e. The first kappa shape index (κ1) is 22.3. The number of hydrogen-bond donors (Lipinski definition) is 5. The van der Waals surface area contributed by atoms with E-state index in [0.29, 0.717) is 6.54 Å². The summed E-state index contributed by atoms with van der Waals surface area (Å²) in [7, 11) is 0. The third-order valence-electron chi connectivity index (χ3n) is 8.28. The number of aliphatic carboxylic acids is 1. The van der Waals surface area contributed by atoms with Crippen molar-refractivity contribution < 1.29 is 14.7 Å². The Balaban J connectivity index is 1.14. The van der Waals surface area contributed by atoms with Gasteiger partial charge in [-0.25, -0.2) is 5.43 Å². The monoisotopic (exact) mass is 475 g/mol. The van der Waals surface area contributed by atoms with Gasteiger partial charge in [0.2, 0.25) is 5.91 Å². The van der Waals surface area contributed by atoms with Crippen LogP contribution in [0.5, 0.6) is 0 Å². The van der Waals surface area contributed by atoms with E-state index in [0.717, 1.165) is 49.3 Å². The Morgan fingerprint density at radius 3 is 2.46 bits per heavy atom. The normalized spacial score (nSPS) is 31.4. The van der Waals surface area contributed by atoms with E-state index in [-0.39, 0.29) is 41.5 Å². The fourth-order valence-corrected chi connectivity index (χ4v) is 6.09. The summed E-state index contributed by atoms with van der Waals surface area (Å²) in [5.74, 6) is -1.47. The number of anilines is 2. The summed E-state index contributed by atoms with van der Waals surface area (Å²) in [6.07, 6.45) is 2.25. The van der Waals surface area contributed by atoms with Crippen LogP contribution in [0, 0.1) is 17.3 Å². The molecule has 3 saturated heterocycles. The number of carboxylic acids is 1. The first-order valence-electron chi connectivity index (χ1n) is 12.4. The van der Waals surface area contributed by atoms with Crippen LogP contribution in [0.1, 0.15) is 31.0 Å². The number of benzene rings is 2. The van der Waals surface area contributed by atoms with Gasteiger partial charge in [-0.15, -0.1) is 0 Å². The number of nitrogens with one attached hydrogen (secondary N) is 5. The van der Waals surface area contributed by atoms with E-state index in [1.54, 1.807) is 0 Å². The van der Waals surface area contributed by atoms with E-state index in [1.807, 2.05) is 18.2 Å². The first-order chi connectivity index (χ1) is 17.0. The summed E-state index contributed by atoms with van der Waals surface area (Å²) in [5, 5.41) is 21.9. The van der Waals surface area contributed by atoms with Gasteiger partial charge in [-0.3, -0.25) is 20.9 Å². The van der Waals surface area contributed by atoms with Gasteiger partial charge in [0.25, 0.3) is 0 Å². The molecule has 5 atom stereocenters. The largest absolute Gasteiger partial charge is 0.550 e. The molecule has 0 radical (unpaired) electrons. The van der Waals surface area contributed by atoms with Crippen LogP contribution in [-0.2, 0) is 9.59 Å². The number of carbonyl (C=O) groups is 2. The third-order valence-corrected chi connectivity index (χ3v) is 8.28. The molecule has 4 aliphatic rings. The molecule has 1 amide bonds. The molecule has 3 aliphatic heterocycles. The second-order valence-corrected chi connectivity index (χ2v) is 10.3. The van der Waals surface area contributed by atoms with Gasteiger partial charge in [0.15, 0.2) is 0 Å². The zero-order chi connectivity index (χ0) is 24.0. The molecule has 0 bridgehead atoms. The molecule has 9 nitrogen and oxygen atoms in total. The summed E-state index contributed by atoms with van der Waals surface area (Å²) in [6, 6.07) is 18.5. The quantitative estimate of drug-likeness (QED) is 0.419. The van der Waals surface area contributed by atoms with E-state index in [9.17, 15) is 14.7 Å². The standard InChI is InChI=1S/C26H32N6O3/c33-24-21-20(15-27-31-24)29-22(16-4-2-1-3-5-16)30-23(21)28-17-6-8-18(9-7-17)32-12-10-26(11-13-32)14-19(26)25(34)35/h1-9,19-23,27-30H,10-15H2,(H,31,33)(H,34,35)/p-1. The maximum absolute atomic E-state index is 12.7. The molecular formula is C26H31N6O3-. The van der Waals surface area contributed by atoms with E-state index >= 15 is 0 Å². The molecule has 4 fully saturated rings. The molecule has 1 spiro atoms. The summed E-state index contributed by atoms with van der Waals surface area (Å²) in [4.78, 5) is 26.3. The second kappa shape index (κ2) is 8.82. The highest BCUT2D eigenvalue weighted by molar-refractivity contribution is 5.81. The number of hydrogen-bond acceptors (Lipinski definition) is 8. The lowest BCUT2D eigenvalue weighted by atomic mass is 9.89. The predicted molar refractivity (Wildman–Crippen MR) is 130 cm³/mol. The highest BCUT2D eigenvalue weighted by Crippen LogP contribution is 2.59. The molecule has 35 heavy (non-hydrogen) atoms. The van der Waals surface area contributed by atoms with Crippen molar-refractivity contribution in [2.75, 3.05) is 29.9 Å². The van der Waals surface area contributed by atoms with Crippen LogP contribution >= 0.6 is 0 Å². The predicted octanol–water partition coefficient (Wildman–Crippen LogP) is 0.292. The molecule has 1 aliphatic carbocycles. The van der Waals surface area contributed by atoms with Crippen LogP contribution < -0.4 is 36.8 Å². The lowest BCUT2D eigenvalue weighted by Gasteiger charge is -2.46. The Bertz CT molecular complexity index is 1090. The van der Waals surface area contributed by atoms with Crippen LogP contribution in [-0.4, -0.2) is 43.7 Å². The van der Waals surface area contributed by atoms with Gasteiger partial charge in [-0.1, -0.05) is 30.3 Å². The van der Waals surface area contributed by atoms with Crippen LogP contribution in [0.3, 0.4) is 0 Å². The summed E-state index contributed by atoms with van der Waals surface area (Å²) in [6.45, 7) is 2.37. The van der Waals surface area contributed by atoms with Gasteiger partial charge in [0, 0.05) is 48.9 Å². The van der Waals surface area contributed by atoms with Crippen molar-refractivity contribution in [1.29, 1.82) is 0 Å². The van der Waals surface area contributed by atoms with Crippen molar-refractivity contribution in [3.63, 3.8) is 0 Å². The van der Waals surface area contributed by atoms with E-state index in [1.165, 1.54) is 0 Å². The highest BCUT2D eigenvalue weighted by Gasteiger charge is 2.55. The van der Waals surface area contributed by atoms with Crippen LogP contribution in [0.25, 0.3) is 0 Å². The smallest absolute Gasteiger partial charge is 0.242 e. The Kier molecular flexibility index (Phi) is 5.63. The summed E-state index contributed by atoms with van der Waals surface area (Å²) >= 11 is 0. The number of carbonyl (C=O) groups excluding carboxylic acids is 2. The highest BCUT2D eigenvalue weighted by atomic mass is 16.4. The average molecular weight is 476 g/mol. The number of amides is 1. The maximum atomic E-state index is 12.7. The number of nitrogens with zero attached hydrogens (tertiary/aromatic N) is 1. The topological polar surface area (TPSA) is 121 Å². The molecule has 6 rings (SSSR count). The fraction of sp³-hybridized carbons (Fsp3) is 0.462. The number of fused-ring (bicyclic) bond motifs is 1. The lowest BCUT2D eigenvalue weighted by Crippen LogP contribution is -2.71. The van der Waals surface area contributed by atoms with Crippen molar-refractivity contribution in [3.05, 3.63) is 60.2 Å². The molecule has 5 unspecified atom stereocenters. The van der Waals surface area contributed by atoms with Crippen molar-refractivity contribution in [1.82, 2.24) is 21.5 Å². The van der Waals surface area contributed by atoms with Crippen molar-refractivity contribution in [3.8, 4) is 0 Å². The minimum absolute atomic E-state index is 0.0140. The van der Waals surface area contributed by atoms with Gasteiger partial charge in [-0.2, -0.15) is 0 Å². The summed E-state index contributed by atoms with van der Waals surface area (Å²) in [5.41, 5.74) is 8.93. The molecule has 5 N–H and O–H groups in total. The van der Waals surface area contributed by atoms with Gasteiger partial charge in [0.05, 0.1) is 18.2 Å². The Morgan fingerprint density at radius 2 is 1.77 bits per heavy atom. The van der Waals surface area contributed by atoms with E-state index < -0.39 is 5.97 Å². The molecule has 1 saturated carbocycles. The Hall–Kier alpha value is -3.14. The van der Waals surface area contributed by atoms with Crippen LogP contribution in [0.4, 0.5) is 11.4 Å². The zero-order valence-electron chi connectivity index (χ0n) is 19.5. The van der Waals surface area contributed by atoms with Gasteiger partial charge < -0.3 is 20.1 Å². The van der Waals surface area contributed by atoms with Gasteiger partial charge in [0.1, 0.15) is 0 Å². The van der Waals surface area contributed by atoms with Crippen molar-refractivity contribution in [2.45, 2.75) is 37.6 Å². The molecule has 9 heteroatoms. The van der Waals surface area contributed by atoms with Crippen molar-refractivity contribution in [2.24, 2.45) is 17.3 Å². The average Bonchev–Trinajstić information content (AvgIpc) is 3.59. The number of rotatable bonds is 5. The SMILES string of the molecule is O=C1NNCC2NC(c3ccccc3)NC(Nc3ccc(N4CCC5(CC4)CC5C(=O)[O-])cc3)C12. The minimum atomic E-state index is -0.889. The molecule has 3 heterocycles. The molecule has 2 aromatic rings. The first-order valence-corrected chi connectivity index (χ1v) is 12.4. The Labute approximate surface area is 204 Å². The van der Waals surface area contributed by atoms with Crippen LogP contribution in [0.2, 0.25) is 0 Å². The minimum Gasteiger partial charge on any atom is -0.550 e. The Morgan fingerprint density at radius 1 is 1.03 bits per heavy atom. The second-order valence-electron chi connectivity index (χ2n) is 10.3. The van der Waals surface area contributed by atoms with E-state index in [4.69, 9.17) is 0 Å². The van der Waals surface area contributed by atoms with Gasteiger partial charge >= 0.3 is 0 Å². The third kappa shape index (κ3) is 4.24. The molecule has 184 valence electrons. The van der Waals surface area contributed by atoms with E-state index in [2.05, 4.69) is 68.1 Å². The zero-order valence-corrected chi connectivity index (χ0v) is 19.5. The number of hydrazine groups is 1. The number of piperidine rings is 1. The molecule has 0 aromatic heterocycles. The van der Waals surface area contributed by atoms with Crippen molar-refractivity contribution >= 4 is 23.3 Å². The fourth-order valence-electron chi connectivity index (χ4n) is 6.09. The van der Waals surface area contributed by atoms with Gasteiger partial charge in [-0.05, 0) is 54.5 Å².